The number of fused-ring (bicyclic) bond motifs is 1. The van der Waals surface area contributed by atoms with E-state index in [0.29, 0.717) is 40.8 Å². The second-order valence-corrected chi connectivity index (χ2v) is 5.27. The number of nitrogens with one attached hydrogen (secondary N) is 2. The van der Waals surface area contributed by atoms with Crippen LogP contribution >= 0.6 is 12.2 Å². The average molecular weight is 331 g/mol. The minimum absolute atomic E-state index is 0.147. The summed E-state index contributed by atoms with van der Waals surface area (Å²) in [6.45, 7) is 1.17. The molecule has 6 nitrogen and oxygen atoms in total. The predicted molar refractivity (Wildman–Crippen MR) is 91.1 cm³/mol. The van der Waals surface area contributed by atoms with Crippen LogP contribution in [0.1, 0.15) is 16.8 Å². The minimum Gasteiger partial charge on any atom is -0.385 e. The minimum atomic E-state index is -0.298. The number of hydrogen-bond acceptors (Lipinski definition) is 4. The van der Waals surface area contributed by atoms with Gasteiger partial charge >= 0.3 is 0 Å². The van der Waals surface area contributed by atoms with Crippen molar-refractivity contribution in [2.45, 2.75) is 13.0 Å². The molecular weight excluding hydrogens is 314 g/mol. The quantitative estimate of drug-likeness (QED) is 0.477. The second-order valence-electron chi connectivity index (χ2n) is 4.88. The molecule has 1 aromatic heterocycles. The van der Waals surface area contributed by atoms with Crippen molar-refractivity contribution in [3.8, 4) is 12.3 Å². The van der Waals surface area contributed by atoms with Crippen LogP contribution in [0.25, 0.3) is 10.9 Å². The van der Waals surface area contributed by atoms with Crippen LogP contribution in [0.3, 0.4) is 0 Å². The molecule has 1 amide bonds. The van der Waals surface area contributed by atoms with Crippen LogP contribution < -0.4 is 10.9 Å². The number of benzene rings is 1. The molecule has 0 unspecified atom stereocenters. The maximum absolute atomic E-state index is 12.5. The van der Waals surface area contributed by atoms with Crippen molar-refractivity contribution in [1.29, 1.82) is 0 Å². The van der Waals surface area contributed by atoms with E-state index < -0.39 is 0 Å². The zero-order valence-electron chi connectivity index (χ0n) is 12.7. The molecule has 23 heavy (non-hydrogen) atoms. The van der Waals surface area contributed by atoms with E-state index in [1.807, 2.05) is 0 Å². The Morgan fingerprint density at radius 3 is 3.00 bits per heavy atom. The molecule has 0 radical (unpaired) electrons. The van der Waals surface area contributed by atoms with Crippen molar-refractivity contribution in [1.82, 2.24) is 14.9 Å². The summed E-state index contributed by atoms with van der Waals surface area (Å²) in [6, 6.07) is 4.80. The molecule has 1 aromatic carbocycles. The van der Waals surface area contributed by atoms with Gasteiger partial charge in [-0.25, -0.2) is 0 Å². The van der Waals surface area contributed by atoms with Gasteiger partial charge in [0.25, 0.3) is 11.5 Å². The Bertz CT molecular complexity index is 877. The third kappa shape index (κ3) is 3.86. The van der Waals surface area contributed by atoms with E-state index in [4.69, 9.17) is 23.4 Å². The van der Waals surface area contributed by atoms with Gasteiger partial charge in [0.2, 0.25) is 0 Å². The molecule has 0 atom stereocenters. The molecule has 0 saturated carbocycles. The van der Waals surface area contributed by atoms with Crippen LogP contribution in [-0.4, -0.2) is 35.7 Å². The smallest absolute Gasteiger partial charge is 0.262 e. The third-order valence-electron chi connectivity index (χ3n) is 3.33. The number of rotatable bonds is 6. The molecule has 0 aliphatic heterocycles. The summed E-state index contributed by atoms with van der Waals surface area (Å²) >= 11 is 5.24. The SMILES string of the molecule is C#CCNC(=O)c1ccc2c(=O)n(CCCOC)c(=S)[nH]c2c1. The first kappa shape index (κ1) is 16.9. The molecule has 2 rings (SSSR count). The first-order chi connectivity index (χ1) is 11.1. The van der Waals surface area contributed by atoms with Gasteiger partial charge in [-0.15, -0.1) is 6.42 Å². The molecule has 0 aliphatic rings. The van der Waals surface area contributed by atoms with E-state index in [0.717, 1.165) is 0 Å². The molecule has 1 heterocycles. The number of nitrogens with zero attached hydrogens (tertiary/aromatic N) is 1. The number of carbonyl (C=O) groups excluding carboxylic acids is 1. The Hall–Kier alpha value is -2.43. The maximum Gasteiger partial charge on any atom is 0.262 e. The van der Waals surface area contributed by atoms with E-state index in [1.165, 1.54) is 4.57 Å². The molecular formula is C16H17N3O3S. The van der Waals surface area contributed by atoms with Crippen molar-refractivity contribution < 1.29 is 9.53 Å². The fourth-order valence-corrected chi connectivity index (χ4v) is 2.48. The van der Waals surface area contributed by atoms with Crippen LogP contribution in [0, 0.1) is 17.1 Å². The summed E-state index contributed by atoms with van der Waals surface area (Å²) in [4.78, 5) is 27.4. The number of terminal acetylenes is 1. The van der Waals surface area contributed by atoms with Crippen LogP contribution in [0.2, 0.25) is 0 Å². The second kappa shape index (κ2) is 7.72. The summed E-state index contributed by atoms with van der Waals surface area (Å²) in [6.07, 6.45) is 5.80. The molecule has 0 saturated heterocycles. The Balaban J connectivity index is 2.40. The fraction of sp³-hybridized carbons (Fsp3) is 0.312. The van der Waals surface area contributed by atoms with Gasteiger partial charge < -0.3 is 15.0 Å². The lowest BCUT2D eigenvalue weighted by Gasteiger charge is -2.09. The van der Waals surface area contributed by atoms with Crippen molar-refractivity contribution in [3.63, 3.8) is 0 Å². The lowest BCUT2D eigenvalue weighted by atomic mass is 10.1. The summed E-state index contributed by atoms with van der Waals surface area (Å²) in [5, 5.41) is 3.05. The fourth-order valence-electron chi connectivity index (χ4n) is 2.20. The van der Waals surface area contributed by atoms with Gasteiger partial charge in [-0.3, -0.25) is 14.2 Å². The highest BCUT2D eigenvalue weighted by Crippen LogP contribution is 2.11. The first-order valence-corrected chi connectivity index (χ1v) is 7.46. The lowest BCUT2D eigenvalue weighted by Crippen LogP contribution is -2.25. The highest BCUT2D eigenvalue weighted by Gasteiger charge is 2.09. The molecule has 0 spiro atoms. The Morgan fingerprint density at radius 2 is 2.30 bits per heavy atom. The highest BCUT2D eigenvalue weighted by atomic mass is 32.1. The molecule has 0 fully saturated rings. The lowest BCUT2D eigenvalue weighted by molar-refractivity contribution is 0.0959. The number of ether oxygens (including phenoxy) is 1. The van der Waals surface area contributed by atoms with Gasteiger partial charge in [-0.2, -0.15) is 0 Å². The topological polar surface area (TPSA) is 76.1 Å². The molecule has 2 N–H and O–H groups in total. The van der Waals surface area contributed by atoms with E-state index in [-0.39, 0.29) is 18.0 Å². The first-order valence-electron chi connectivity index (χ1n) is 7.06. The van der Waals surface area contributed by atoms with E-state index in [2.05, 4.69) is 16.2 Å². The van der Waals surface area contributed by atoms with Crippen molar-refractivity contribution >= 4 is 29.0 Å². The van der Waals surface area contributed by atoms with Crippen LogP contribution in [0.4, 0.5) is 0 Å². The van der Waals surface area contributed by atoms with E-state index >= 15 is 0 Å². The van der Waals surface area contributed by atoms with Gasteiger partial charge in [-0.1, -0.05) is 5.92 Å². The monoisotopic (exact) mass is 331 g/mol. The summed E-state index contributed by atoms with van der Waals surface area (Å²) in [5.41, 5.74) is 0.752. The standard InChI is InChI=1S/C16H17N3O3S/c1-3-7-17-14(20)11-5-6-12-13(10-11)18-16(23)19(15(12)21)8-4-9-22-2/h1,5-6,10H,4,7-9H2,2H3,(H,17,20)(H,18,23). The summed E-state index contributed by atoms with van der Waals surface area (Å²) in [7, 11) is 1.61. The number of hydrogen-bond donors (Lipinski definition) is 2. The Morgan fingerprint density at radius 1 is 1.52 bits per heavy atom. The van der Waals surface area contributed by atoms with Gasteiger partial charge in [0, 0.05) is 25.8 Å². The molecule has 0 aliphatic carbocycles. The van der Waals surface area contributed by atoms with Crippen molar-refractivity contribution in [2.24, 2.45) is 0 Å². The van der Waals surface area contributed by atoms with Crippen LogP contribution in [0.5, 0.6) is 0 Å². The van der Waals surface area contributed by atoms with Crippen LogP contribution in [-0.2, 0) is 11.3 Å². The molecule has 0 bridgehead atoms. The van der Waals surface area contributed by atoms with E-state index in [1.54, 1.807) is 25.3 Å². The summed E-state index contributed by atoms with van der Waals surface area (Å²) < 4.78 is 6.80. The number of aromatic nitrogens is 2. The number of aromatic amines is 1. The van der Waals surface area contributed by atoms with Gasteiger partial charge in [0.1, 0.15) is 0 Å². The average Bonchev–Trinajstić information content (AvgIpc) is 2.55. The van der Waals surface area contributed by atoms with Crippen LogP contribution in [0.15, 0.2) is 23.0 Å². The Labute approximate surface area is 138 Å². The third-order valence-corrected chi connectivity index (χ3v) is 3.65. The zero-order valence-corrected chi connectivity index (χ0v) is 13.5. The number of H-pyrrole nitrogens is 1. The Kier molecular flexibility index (Phi) is 5.68. The zero-order chi connectivity index (χ0) is 16.8. The van der Waals surface area contributed by atoms with Gasteiger partial charge in [0.15, 0.2) is 4.77 Å². The van der Waals surface area contributed by atoms with E-state index in [9.17, 15) is 9.59 Å². The normalized spacial score (nSPS) is 10.4. The number of methoxy groups -OCH3 is 1. The number of carbonyl (C=O) groups is 1. The van der Waals surface area contributed by atoms with Crippen molar-refractivity contribution in [2.75, 3.05) is 20.3 Å². The molecule has 120 valence electrons. The van der Waals surface area contributed by atoms with Crippen molar-refractivity contribution in [3.05, 3.63) is 38.9 Å². The molecule has 7 heteroatoms. The van der Waals surface area contributed by atoms with Gasteiger partial charge in [-0.05, 0) is 36.8 Å². The number of amides is 1. The largest absolute Gasteiger partial charge is 0.385 e. The predicted octanol–water partition coefficient (Wildman–Crippen LogP) is 1.46. The summed E-state index contributed by atoms with van der Waals surface area (Å²) in [5.74, 6) is 2.04. The maximum atomic E-state index is 12.5. The highest BCUT2D eigenvalue weighted by molar-refractivity contribution is 7.71. The molecule has 2 aromatic rings. The van der Waals surface area contributed by atoms with Gasteiger partial charge in [0.05, 0.1) is 17.4 Å².